The molecule has 6 aromatic carbocycles. The van der Waals surface area contributed by atoms with Crippen LogP contribution in [0.1, 0.15) is 0 Å². The Bertz CT molecular complexity index is 2520. The number of hydrogen-bond donors (Lipinski definition) is 0. The maximum Gasteiger partial charge on any atom is 3.00 e. The summed E-state index contributed by atoms with van der Waals surface area (Å²) >= 11 is 0. The van der Waals surface area contributed by atoms with E-state index in [1.54, 1.807) is 7.11 Å². The predicted molar refractivity (Wildman–Crippen MR) is 227 cm³/mol. The van der Waals surface area contributed by atoms with E-state index >= 15 is 0 Å². The van der Waals surface area contributed by atoms with Crippen LogP contribution in [-0.4, -0.2) is 22.1 Å². The first-order chi connectivity index (χ1) is 27.7. The minimum Gasteiger partial charge on any atom is -0.497 e. The number of ether oxygens (including phenoxy) is 1. The van der Waals surface area contributed by atoms with Gasteiger partial charge in [-0.25, -0.2) is 0 Å². The first-order valence-electron chi connectivity index (χ1n) is 18.4. The topological polar surface area (TPSA) is 47.9 Å². The maximum atomic E-state index is 5.27. The molecule has 0 unspecified atom stereocenters. The molecular weight excluding hydrogens is 875 g/mol. The van der Waals surface area contributed by atoms with Crippen LogP contribution in [0.3, 0.4) is 0 Å². The molecule has 0 aliphatic heterocycles. The van der Waals surface area contributed by atoms with Crippen molar-refractivity contribution in [3.63, 3.8) is 0 Å². The van der Waals surface area contributed by atoms with E-state index in [-0.39, 0.29) is 20.1 Å². The van der Waals surface area contributed by atoms with E-state index < -0.39 is 0 Å². The van der Waals surface area contributed by atoms with Crippen LogP contribution in [0.25, 0.3) is 78.5 Å². The van der Waals surface area contributed by atoms with Crippen LogP contribution in [0.2, 0.25) is 0 Å². The summed E-state index contributed by atoms with van der Waals surface area (Å²) in [5.41, 5.74) is 14.1. The molecule has 0 spiro atoms. The smallest absolute Gasteiger partial charge is 0.497 e. The zero-order valence-corrected chi connectivity index (χ0v) is 33.5. The van der Waals surface area contributed by atoms with Gasteiger partial charge in [-0.2, -0.15) is 0 Å². The first kappa shape index (κ1) is 38.5. The van der Waals surface area contributed by atoms with Crippen molar-refractivity contribution >= 4 is 0 Å². The van der Waals surface area contributed by atoms with Crippen molar-refractivity contribution in [3.8, 4) is 84.3 Å². The van der Waals surface area contributed by atoms with E-state index in [0.29, 0.717) is 0 Å². The molecular formula is C52H36IrN3O. The van der Waals surface area contributed by atoms with E-state index in [1.807, 2.05) is 121 Å². The minimum atomic E-state index is 0. The number of rotatable bonds is 8. The molecule has 274 valence electrons. The molecule has 0 fully saturated rings. The number of aromatic nitrogens is 3. The Morgan fingerprint density at radius 2 is 0.772 bits per heavy atom. The quantitative estimate of drug-likeness (QED) is 0.143. The van der Waals surface area contributed by atoms with Crippen LogP contribution < -0.4 is 4.74 Å². The fourth-order valence-corrected chi connectivity index (χ4v) is 6.39. The Labute approximate surface area is 348 Å². The summed E-state index contributed by atoms with van der Waals surface area (Å²) in [5, 5.41) is 0. The second kappa shape index (κ2) is 18.7. The zero-order valence-electron chi connectivity index (χ0n) is 31.1. The molecule has 0 aliphatic carbocycles. The van der Waals surface area contributed by atoms with E-state index in [1.165, 1.54) is 0 Å². The maximum absolute atomic E-state index is 5.27. The van der Waals surface area contributed by atoms with Gasteiger partial charge < -0.3 is 9.72 Å². The van der Waals surface area contributed by atoms with Gasteiger partial charge in [-0.3, -0.25) is 9.97 Å². The fraction of sp³-hybridized carbons (Fsp3) is 0.0192. The van der Waals surface area contributed by atoms with Crippen molar-refractivity contribution < 1.29 is 24.8 Å². The molecule has 0 atom stereocenters. The summed E-state index contributed by atoms with van der Waals surface area (Å²) in [4.78, 5) is 14.4. The van der Waals surface area contributed by atoms with Crippen LogP contribution >= 0.6 is 0 Å². The van der Waals surface area contributed by atoms with Gasteiger partial charge in [-0.05, 0) is 80.8 Å². The van der Waals surface area contributed by atoms with E-state index in [4.69, 9.17) is 14.7 Å². The van der Waals surface area contributed by atoms with Crippen LogP contribution in [0.5, 0.6) is 5.75 Å². The van der Waals surface area contributed by atoms with Crippen molar-refractivity contribution in [2.75, 3.05) is 7.11 Å². The van der Waals surface area contributed by atoms with Gasteiger partial charge in [0.05, 0.1) is 18.5 Å². The molecule has 0 radical (unpaired) electrons. The van der Waals surface area contributed by atoms with Crippen LogP contribution in [-0.2, 0) is 20.1 Å². The molecule has 0 amide bonds. The minimum absolute atomic E-state index is 0. The SMILES string of the molecule is COc1ccc(-c2cc(-c3[c-]cccc3)nc(-c3[c-]cccc3)c2)cc1.[Ir+3].[c-]1ccccc1-c1cc(-c2ccccc2)cc(-c2cc(-c3ccccc3)ccn2)n1. The Hall–Kier alpha value is -6.78. The van der Waals surface area contributed by atoms with Gasteiger partial charge >= 0.3 is 20.1 Å². The molecule has 0 aliphatic rings. The predicted octanol–water partition coefficient (Wildman–Crippen LogP) is 12.6. The largest absolute Gasteiger partial charge is 3.00 e. The molecule has 0 saturated carbocycles. The molecule has 0 bridgehead atoms. The number of nitrogens with zero attached hydrogens (tertiary/aromatic N) is 3. The molecule has 4 nitrogen and oxygen atoms in total. The van der Waals surface area contributed by atoms with Gasteiger partial charge in [0.15, 0.2) is 0 Å². The van der Waals surface area contributed by atoms with Gasteiger partial charge in [0.1, 0.15) is 5.75 Å². The Balaban J connectivity index is 0.000000173. The normalized spacial score (nSPS) is 10.4. The van der Waals surface area contributed by atoms with Crippen molar-refractivity contribution in [1.82, 2.24) is 15.0 Å². The summed E-state index contributed by atoms with van der Waals surface area (Å²) in [5.74, 6) is 0.844. The average Bonchev–Trinajstić information content (AvgIpc) is 3.30. The molecule has 3 heterocycles. The van der Waals surface area contributed by atoms with Crippen LogP contribution in [0.15, 0.2) is 200 Å². The van der Waals surface area contributed by atoms with Gasteiger partial charge in [-0.1, -0.05) is 91.0 Å². The summed E-state index contributed by atoms with van der Waals surface area (Å²) < 4.78 is 5.27. The molecule has 0 saturated heterocycles. The summed E-state index contributed by atoms with van der Waals surface area (Å²) in [6.45, 7) is 0. The monoisotopic (exact) mass is 911 g/mol. The zero-order chi connectivity index (χ0) is 37.9. The van der Waals surface area contributed by atoms with Gasteiger partial charge in [0.2, 0.25) is 0 Å². The molecule has 5 heteroatoms. The number of methoxy groups -OCH3 is 1. The van der Waals surface area contributed by atoms with E-state index in [2.05, 4.69) is 102 Å². The fourth-order valence-electron chi connectivity index (χ4n) is 6.39. The molecule has 9 rings (SSSR count). The van der Waals surface area contributed by atoms with E-state index in [9.17, 15) is 0 Å². The second-order valence-electron chi connectivity index (χ2n) is 13.0. The number of hydrogen-bond acceptors (Lipinski definition) is 4. The van der Waals surface area contributed by atoms with Crippen molar-refractivity contribution in [2.45, 2.75) is 0 Å². The van der Waals surface area contributed by atoms with Gasteiger partial charge in [0, 0.05) is 6.20 Å². The summed E-state index contributed by atoms with van der Waals surface area (Å²) in [6, 6.07) is 74.9. The Morgan fingerprint density at radius 3 is 1.23 bits per heavy atom. The van der Waals surface area contributed by atoms with Crippen molar-refractivity contribution in [3.05, 3.63) is 219 Å². The Morgan fingerprint density at radius 1 is 0.368 bits per heavy atom. The number of benzene rings is 6. The third-order valence-electron chi connectivity index (χ3n) is 9.27. The van der Waals surface area contributed by atoms with Crippen molar-refractivity contribution in [1.29, 1.82) is 0 Å². The molecule has 3 aromatic heterocycles. The summed E-state index contributed by atoms with van der Waals surface area (Å²) in [7, 11) is 1.67. The Kier molecular flexibility index (Phi) is 12.6. The van der Waals surface area contributed by atoms with Crippen molar-refractivity contribution in [2.24, 2.45) is 0 Å². The molecule has 57 heavy (non-hydrogen) atoms. The molecule has 9 aromatic rings. The second-order valence-corrected chi connectivity index (χ2v) is 13.0. The first-order valence-corrected chi connectivity index (χ1v) is 18.4. The van der Waals surface area contributed by atoms with Crippen LogP contribution in [0.4, 0.5) is 0 Å². The summed E-state index contributed by atoms with van der Waals surface area (Å²) in [6.07, 6.45) is 1.85. The third kappa shape index (κ3) is 9.55. The molecule has 0 N–H and O–H groups in total. The van der Waals surface area contributed by atoms with Crippen LogP contribution in [0, 0.1) is 18.2 Å². The standard InChI is InChI=1S/C28H19N2.C24H17NO.Ir/c1-4-10-21(11-5-1)24-16-17-29-27(18-24)28-20-25(22-12-6-2-7-13-22)19-26(30-28)23-14-8-3-9-15-23;1-26-22-14-12-18(13-15-22)21-16-23(19-8-4-2-5-9-19)25-24(17-21)20-10-6-3-7-11-20;/h1-14,16-20H;2-8,10,12-17H,1H3;/q-1;-2;+3. The third-order valence-corrected chi connectivity index (χ3v) is 9.27. The van der Waals surface area contributed by atoms with Gasteiger partial charge in [0.25, 0.3) is 0 Å². The average molecular weight is 911 g/mol. The van der Waals surface area contributed by atoms with Gasteiger partial charge in [-0.15, -0.1) is 108 Å². The van der Waals surface area contributed by atoms with E-state index in [0.717, 1.165) is 84.3 Å². The number of pyridine rings is 3.